The molecule has 1 aliphatic rings. The Morgan fingerprint density at radius 3 is 3.15 bits per heavy atom. The van der Waals surface area contributed by atoms with Crippen LogP contribution in [0.3, 0.4) is 0 Å². The van der Waals surface area contributed by atoms with E-state index in [1.54, 1.807) is 29.4 Å². The zero-order valence-electron chi connectivity index (χ0n) is 10.9. The molecule has 0 aliphatic carbocycles. The van der Waals surface area contributed by atoms with Crippen molar-refractivity contribution < 1.29 is 9.53 Å². The lowest BCUT2D eigenvalue weighted by Crippen LogP contribution is -2.43. The second-order valence-corrected chi connectivity index (χ2v) is 5.03. The molecule has 0 spiro atoms. The standard InChI is InChI=1S/C13H13ClN4O2/c1-9-7-18(12(19)8-17-6-5-15-16-17)11-4-2-3-10(14)13(11)20-9/h2-6,9H,7-8H2,1H3/t9-/m1/s1. The van der Waals surface area contributed by atoms with Crippen LogP contribution in [0.2, 0.25) is 5.02 Å². The number of amides is 1. The number of anilines is 1. The summed E-state index contributed by atoms with van der Waals surface area (Å²) in [5.41, 5.74) is 0.695. The van der Waals surface area contributed by atoms with Crippen molar-refractivity contribution in [3.05, 3.63) is 35.6 Å². The summed E-state index contributed by atoms with van der Waals surface area (Å²) in [4.78, 5) is 14.1. The smallest absolute Gasteiger partial charge is 0.249 e. The van der Waals surface area contributed by atoms with E-state index in [1.807, 2.05) is 13.0 Å². The number of benzene rings is 1. The summed E-state index contributed by atoms with van der Waals surface area (Å²) < 4.78 is 7.21. The molecule has 7 heteroatoms. The average Bonchev–Trinajstić information content (AvgIpc) is 2.92. The van der Waals surface area contributed by atoms with E-state index in [-0.39, 0.29) is 18.6 Å². The summed E-state index contributed by atoms with van der Waals surface area (Å²) in [6.45, 7) is 2.53. The second-order valence-electron chi connectivity index (χ2n) is 4.62. The number of rotatable bonds is 2. The molecule has 0 saturated heterocycles. The van der Waals surface area contributed by atoms with Crippen LogP contribution >= 0.6 is 11.6 Å². The van der Waals surface area contributed by atoms with Gasteiger partial charge in [0.05, 0.1) is 23.5 Å². The van der Waals surface area contributed by atoms with E-state index < -0.39 is 0 Å². The van der Waals surface area contributed by atoms with Crippen LogP contribution < -0.4 is 9.64 Å². The van der Waals surface area contributed by atoms with Crippen LogP contribution in [-0.4, -0.2) is 33.5 Å². The average molecular weight is 293 g/mol. The maximum atomic E-state index is 12.4. The molecule has 0 N–H and O–H groups in total. The van der Waals surface area contributed by atoms with E-state index >= 15 is 0 Å². The Labute approximate surface area is 120 Å². The Kier molecular flexibility index (Phi) is 3.31. The number of carbonyl (C=O) groups is 1. The molecular weight excluding hydrogens is 280 g/mol. The SMILES string of the molecule is C[C@@H]1CN(C(=O)Cn2ccnn2)c2cccc(Cl)c2O1. The molecule has 6 nitrogen and oxygen atoms in total. The van der Waals surface area contributed by atoms with Crippen molar-refractivity contribution in [1.82, 2.24) is 15.0 Å². The van der Waals surface area contributed by atoms with E-state index in [0.717, 1.165) is 0 Å². The normalized spacial score (nSPS) is 17.5. The highest BCUT2D eigenvalue weighted by molar-refractivity contribution is 6.32. The summed E-state index contributed by atoms with van der Waals surface area (Å²) in [6.07, 6.45) is 3.09. The van der Waals surface area contributed by atoms with Gasteiger partial charge in [-0.05, 0) is 19.1 Å². The van der Waals surface area contributed by atoms with Gasteiger partial charge < -0.3 is 9.64 Å². The number of nitrogens with zero attached hydrogens (tertiary/aromatic N) is 4. The molecule has 2 aromatic rings. The van der Waals surface area contributed by atoms with Crippen LogP contribution in [0.1, 0.15) is 6.92 Å². The van der Waals surface area contributed by atoms with Crippen molar-refractivity contribution in [3.8, 4) is 5.75 Å². The third kappa shape index (κ3) is 2.34. The van der Waals surface area contributed by atoms with Crippen LogP contribution in [-0.2, 0) is 11.3 Å². The summed E-state index contributed by atoms with van der Waals surface area (Å²) in [5.74, 6) is 0.481. The van der Waals surface area contributed by atoms with Gasteiger partial charge >= 0.3 is 0 Å². The van der Waals surface area contributed by atoms with Crippen molar-refractivity contribution in [1.29, 1.82) is 0 Å². The van der Waals surface area contributed by atoms with Crippen molar-refractivity contribution >= 4 is 23.2 Å². The summed E-state index contributed by atoms with van der Waals surface area (Å²) in [5, 5.41) is 8.00. The minimum atomic E-state index is -0.109. The molecule has 0 radical (unpaired) electrons. The molecule has 1 aliphatic heterocycles. The molecular formula is C13H13ClN4O2. The van der Waals surface area contributed by atoms with Crippen LogP contribution in [0.4, 0.5) is 5.69 Å². The monoisotopic (exact) mass is 292 g/mol. The van der Waals surface area contributed by atoms with E-state index in [9.17, 15) is 4.79 Å². The van der Waals surface area contributed by atoms with Crippen molar-refractivity contribution in [2.24, 2.45) is 0 Å². The van der Waals surface area contributed by atoms with Gasteiger partial charge in [-0.25, -0.2) is 4.68 Å². The lowest BCUT2D eigenvalue weighted by atomic mass is 10.2. The minimum absolute atomic E-state index is 0.0748. The molecule has 0 unspecified atom stereocenters. The van der Waals surface area contributed by atoms with Crippen LogP contribution in [0.25, 0.3) is 0 Å². The quantitative estimate of drug-likeness (QED) is 0.846. The molecule has 104 valence electrons. The molecule has 0 saturated carbocycles. The lowest BCUT2D eigenvalue weighted by molar-refractivity contribution is -0.119. The second kappa shape index (κ2) is 5.13. The molecule has 20 heavy (non-hydrogen) atoms. The molecule has 3 rings (SSSR count). The van der Waals surface area contributed by atoms with Gasteiger partial charge in [0.25, 0.3) is 0 Å². The zero-order valence-corrected chi connectivity index (χ0v) is 11.6. The van der Waals surface area contributed by atoms with E-state index in [0.29, 0.717) is 23.0 Å². The predicted octanol–water partition coefficient (Wildman–Crippen LogP) is 1.75. The van der Waals surface area contributed by atoms with Gasteiger partial charge in [-0.3, -0.25) is 4.79 Å². The van der Waals surface area contributed by atoms with Crippen LogP contribution in [0.15, 0.2) is 30.6 Å². The van der Waals surface area contributed by atoms with Gasteiger partial charge in [-0.2, -0.15) is 0 Å². The van der Waals surface area contributed by atoms with E-state index in [2.05, 4.69) is 10.3 Å². The molecule has 0 bridgehead atoms. The van der Waals surface area contributed by atoms with Gasteiger partial charge in [-0.1, -0.05) is 22.9 Å². The summed E-state index contributed by atoms with van der Waals surface area (Å²) in [6, 6.07) is 5.38. The largest absolute Gasteiger partial charge is 0.485 e. The Bertz CT molecular complexity index is 629. The number of fused-ring (bicyclic) bond motifs is 1. The van der Waals surface area contributed by atoms with Gasteiger partial charge in [0, 0.05) is 6.20 Å². The molecule has 1 aromatic carbocycles. The summed E-state index contributed by atoms with van der Waals surface area (Å²) in [7, 11) is 0. The minimum Gasteiger partial charge on any atom is -0.485 e. The Balaban J connectivity index is 1.90. The van der Waals surface area contributed by atoms with Crippen molar-refractivity contribution in [3.63, 3.8) is 0 Å². The Morgan fingerprint density at radius 1 is 1.55 bits per heavy atom. The number of hydrogen-bond donors (Lipinski definition) is 0. The van der Waals surface area contributed by atoms with Gasteiger partial charge in [0.1, 0.15) is 12.6 Å². The zero-order chi connectivity index (χ0) is 14.1. The van der Waals surface area contributed by atoms with Crippen LogP contribution in [0, 0.1) is 0 Å². The maximum Gasteiger partial charge on any atom is 0.249 e. The number of para-hydroxylation sites is 1. The van der Waals surface area contributed by atoms with Gasteiger partial charge in [0.2, 0.25) is 5.91 Å². The highest BCUT2D eigenvalue weighted by atomic mass is 35.5. The number of carbonyl (C=O) groups excluding carboxylic acids is 1. The Morgan fingerprint density at radius 2 is 2.40 bits per heavy atom. The topological polar surface area (TPSA) is 60.2 Å². The maximum absolute atomic E-state index is 12.4. The molecule has 1 amide bonds. The number of hydrogen-bond acceptors (Lipinski definition) is 4. The molecule has 2 heterocycles. The van der Waals surface area contributed by atoms with Gasteiger partial charge in [0.15, 0.2) is 5.75 Å². The Hall–Kier alpha value is -2.08. The first-order valence-corrected chi connectivity index (χ1v) is 6.62. The molecule has 0 fully saturated rings. The van der Waals surface area contributed by atoms with E-state index in [4.69, 9.17) is 16.3 Å². The predicted molar refractivity (Wildman–Crippen MR) is 73.9 cm³/mol. The molecule has 1 aromatic heterocycles. The number of halogens is 1. The first-order valence-electron chi connectivity index (χ1n) is 6.25. The first-order chi connectivity index (χ1) is 9.65. The third-order valence-electron chi connectivity index (χ3n) is 3.07. The fourth-order valence-corrected chi connectivity index (χ4v) is 2.41. The van der Waals surface area contributed by atoms with Gasteiger partial charge in [-0.15, -0.1) is 5.10 Å². The van der Waals surface area contributed by atoms with Crippen molar-refractivity contribution in [2.45, 2.75) is 19.6 Å². The highest BCUT2D eigenvalue weighted by Crippen LogP contribution is 2.39. The fourth-order valence-electron chi connectivity index (χ4n) is 2.20. The number of ether oxygens (including phenoxy) is 1. The first kappa shape index (κ1) is 12.9. The highest BCUT2D eigenvalue weighted by Gasteiger charge is 2.29. The number of aromatic nitrogens is 3. The van der Waals surface area contributed by atoms with E-state index in [1.165, 1.54) is 4.68 Å². The lowest BCUT2D eigenvalue weighted by Gasteiger charge is -2.33. The van der Waals surface area contributed by atoms with Crippen LogP contribution in [0.5, 0.6) is 5.75 Å². The molecule has 1 atom stereocenters. The van der Waals surface area contributed by atoms with Crippen molar-refractivity contribution in [2.75, 3.05) is 11.4 Å². The summed E-state index contributed by atoms with van der Waals surface area (Å²) >= 11 is 6.13. The third-order valence-corrected chi connectivity index (χ3v) is 3.36. The fraction of sp³-hybridized carbons (Fsp3) is 0.308.